The molecule has 0 atom stereocenters. The first-order chi connectivity index (χ1) is 2.27. The summed E-state index contributed by atoms with van der Waals surface area (Å²) in [6, 6.07) is 0. The largest absolute Gasteiger partial charge is 0.529 e. The van der Waals surface area contributed by atoms with Gasteiger partial charge >= 0.3 is 0 Å². The first-order valence-electron chi connectivity index (χ1n) is 0.847. The molecule has 0 spiro atoms. The van der Waals surface area contributed by atoms with Gasteiger partial charge in [-0.1, -0.05) is 0 Å². The number of carbonyl (C=O) groups excluding carboxylic acids is 1. The fourth-order valence-corrected chi connectivity index (χ4v) is 0. The van der Waals surface area contributed by atoms with Crippen molar-refractivity contribution < 1.29 is 9.90 Å². The number of carbonyl (C=O) groups is 1. The molecule has 0 unspecified atom stereocenters. The van der Waals surface area contributed by atoms with E-state index in [1.165, 1.54) is 4.84 Å². The van der Waals surface area contributed by atoms with Crippen molar-refractivity contribution in [3.8, 4) is 0 Å². The summed E-state index contributed by atoms with van der Waals surface area (Å²) in [5.74, 6) is 0. The quantitative estimate of drug-likeness (QED) is 0.395. The maximum atomic E-state index is 9.01. The maximum Gasteiger partial charge on any atom is 0.149 e. The van der Waals surface area contributed by atoms with Crippen LogP contribution in [-0.4, -0.2) is 6.09 Å². The number of nitrogens with one attached hydrogen (secondary N) is 1. The molecule has 0 fully saturated rings. The van der Waals surface area contributed by atoms with Crippen LogP contribution in [0.4, 0.5) is 4.79 Å². The zero-order valence-electron chi connectivity index (χ0n) is 2.19. The minimum atomic E-state index is -1.48. The molecule has 30 valence electrons. The molecule has 0 aliphatic rings. The molecule has 0 radical (unpaired) electrons. The second-order valence-corrected chi connectivity index (χ2v) is 0.571. The molecular formula is CHClNO2-. The van der Waals surface area contributed by atoms with E-state index in [-0.39, 0.29) is 0 Å². The highest BCUT2D eigenvalue weighted by molar-refractivity contribution is 6.19. The predicted molar refractivity (Wildman–Crippen MR) is 14.4 cm³/mol. The summed E-state index contributed by atoms with van der Waals surface area (Å²) >= 11 is 4.42. The Labute approximate surface area is 33.7 Å². The van der Waals surface area contributed by atoms with Gasteiger partial charge in [-0.05, 0) is 0 Å². The van der Waals surface area contributed by atoms with Crippen molar-refractivity contribution in [1.29, 1.82) is 0 Å². The lowest BCUT2D eigenvalue weighted by Crippen LogP contribution is -2.29. The third-order valence-corrected chi connectivity index (χ3v) is 0.231. The van der Waals surface area contributed by atoms with Crippen LogP contribution in [0.2, 0.25) is 0 Å². The average Bonchev–Trinajstić information content (AvgIpc) is 1.38. The first kappa shape index (κ1) is 4.56. The molecule has 1 N–H and O–H groups in total. The number of carboxylic acid groups (broad SMARTS) is 1. The van der Waals surface area contributed by atoms with Gasteiger partial charge in [0, 0.05) is 11.8 Å². The van der Waals surface area contributed by atoms with Gasteiger partial charge in [0.15, 0.2) is 0 Å². The van der Waals surface area contributed by atoms with E-state index in [1.807, 2.05) is 0 Å². The average molecular weight is 94.5 g/mol. The zero-order valence-corrected chi connectivity index (χ0v) is 2.95. The zero-order chi connectivity index (χ0) is 4.28. The lowest BCUT2D eigenvalue weighted by atomic mass is 11.3. The summed E-state index contributed by atoms with van der Waals surface area (Å²) in [5, 5.41) is 9.01. The molecule has 0 rings (SSSR count). The number of rotatable bonds is 0. The molecular weight excluding hydrogens is 93.5 g/mol. The highest BCUT2D eigenvalue weighted by Crippen LogP contribution is 1.52. The first-order valence-corrected chi connectivity index (χ1v) is 1.23. The Bertz CT molecular complexity index is 44.9. The molecule has 0 aromatic rings. The normalized spacial score (nSPS) is 6.60. The Balaban J connectivity index is 2.85. The second kappa shape index (κ2) is 1.84. The minimum Gasteiger partial charge on any atom is -0.529 e. The number of halogens is 1. The van der Waals surface area contributed by atoms with Gasteiger partial charge in [-0.15, -0.1) is 0 Å². The van der Waals surface area contributed by atoms with Gasteiger partial charge in [0.05, 0.1) is 0 Å². The number of amides is 1. The molecule has 0 aromatic heterocycles. The molecule has 0 saturated heterocycles. The summed E-state index contributed by atoms with van der Waals surface area (Å²) in [6.07, 6.45) is -1.48. The standard InChI is InChI=1S/CH2ClNO2/c2-3-1(4)5/h3H,(H,4,5)/p-1. The Morgan fingerprint density at radius 1 is 2.00 bits per heavy atom. The highest BCUT2D eigenvalue weighted by Gasteiger charge is 1.62. The Morgan fingerprint density at radius 3 is 2.20 bits per heavy atom. The van der Waals surface area contributed by atoms with Crippen molar-refractivity contribution in [2.75, 3.05) is 0 Å². The van der Waals surface area contributed by atoms with Crippen molar-refractivity contribution in [3.05, 3.63) is 0 Å². The van der Waals surface area contributed by atoms with Crippen molar-refractivity contribution >= 4 is 17.9 Å². The topological polar surface area (TPSA) is 52.2 Å². The Kier molecular flexibility index (Phi) is 1.68. The minimum absolute atomic E-state index is 1.31. The van der Waals surface area contributed by atoms with Crippen LogP contribution >= 0.6 is 11.8 Å². The summed E-state index contributed by atoms with van der Waals surface area (Å²) in [6.45, 7) is 0. The van der Waals surface area contributed by atoms with Gasteiger partial charge in [0.1, 0.15) is 6.09 Å². The van der Waals surface area contributed by atoms with Crippen molar-refractivity contribution in [2.45, 2.75) is 0 Å². The third-order valence-electron chi connectivity index (χ3n) is 0.0772. The molecule has 0 bridgehead atoms. The van der Waals surface area contributed by atoms with E-state index in [1.54, 1.807) is 0 Å². The lowest BCUT2D eigenvalue weighted by molar-refractivity contribution is -0.248. The maximum absolute atomic E-state index is 9.01. The van der Waals surface area contributed by atoms with Crippen molar-refractivity contribution in [1.82, 2.24) is 4.84 Å². The molecule has 0 aromatic carbocycles. The fourth-order valence-electron chi connectivity index (χ4n) is 0. The van der Waals surface area contributed by atoms with E-state index < -0.39 is 6.09 Å². The summed E-state index contributed by atoms with van der Waals surface area (Å²) in [4.78, 5) is 10.3. The number of hydrogen-bond donors (Lipinski definition) is 1. The smallest absolute Gasteiger partial charge is 0.149 e. The van der Waals surface area contributed by atoms with E-state index in [0.717, 1.165) is 0 Å². The van der Waals surface area contributed by atoms with E-state index in [2.05, 4.69) is 11.8 Å². The van der Waals surface area contributed by atoms with E-state index in [9.17, 15) is 0 Å². The van der Waals surface area contributed by atoms with Crippen LogP contribution in [0.25, 0.3) is 0 Å². The lowest BCUT2D eigenvalue weighted by Gasteiger charge is -1.89. The summed E-state index contributed by atoms with van der Waals surface area (Å²) in [7, 11) is 0. The van der Waals surface area contributed by atoms with E-state index >= 15 is 0 Å². The summed E-state index contributed by atoms with van der Waals surface area (Å²) in [5.41, 5.74) is 0. The van der Waals surface area contributed by atoms with Crippen LogP contribution in [0.15, 0.2) is 0 Å². The Morgan fingerprint density at radius 2 is 2.20 bits per heavy atom. The molecule has 5 heavy (non-hydrogen) atoms. The third kappa shape index (κ3) is 3.56. The van der Waals surface area contributed by atoms with Gasteiger partial charge < -0.3 is 9.90 Å². The van der Waals surface area contributed by atoms with Crippen molar-refractivity contribution in [2.24, 2.45) is 0 Å². The number of hydrogen-bond acceptors (Lipinski definition) is 2. The predicted octanol–water partition coefficient (Wildman–Crippen LogP) is -0.927. The SMILES string of the molecule is O=C([O-])NCl. The monoisotopic (exact) mass is 94.0 g/mol. The van der Waals surface area contributed by atoms with E-state index in [0.29, 0.717) is 0 Å². The van der Waals surface area contributed by atoms with Gasteiger partial charge in [0.2, 0.25) is 0 Å². The van der Waals surface area contributed by atoms with Crippen LogP contribution in [0.5, 0.6) is 0 Å². The van der Waals surface area contributed by atoms with Gasteiger partial charge in [-0.2, -0.15) is 0 Å². The molecule has 0 aliphatic heterocycles. The van der Waals surface area contributed by atoms with Gasteiger partial charge in [-0.3, -0.25) is 4.84 Å². The Hall–Kier alpha value is -0.440. The molecule has 3 nitrogen and oxygen atoms in total. The molecule has 0 saturated carbocycles. The van der Waals surface area contributed by atoms with Crippen LogP contribution < -0.4 is 9.94 Å². The molecule has 0 aliphatic carbocycles. The molecule has 4 heteroatoms. The van der Waals surface area contributed by atoms with Crippen LogP contribution in [0.3, 0.4) is 0 Å². The van der Waals surface area contributed by atoms with E-state index in [4.69, 9.17) is 9.90 Å². The van der Waals surface area contributed by atoms with Crippen LogP contribution in [0.1, 0.15) is 0 Å². The highest BCUT2D eigenvalue weighted by atomic mass is 35.5. The van der Waals surface area contributed by atoms with Gasteiger partial charge in [-0.25, -0.2) is 0 Å². The van der Waals surface area contributed by atoms with Crippen molar-refractivity contribution in [3.63, 3.8) is 0 Å². The second-order valence-electron chi connectivity index (χ2n) is 0.382. The molecule has 1 amide bonds. The summed E-state index contributed by atoms with van der Waals surface area (Å²) < 4.78 is 0. The van der Waals surface area contributed by atoms with Crippen LogP contribution in [-0.2, 0) is 0 Å². The van der Waals surface area contributed by atoms with Gasteiger partial charge in [0.25, 0.3) is 0 Å². The molecule has 0 heterocycles. The fraction of sp³-hybridized carbons (Fsp3) is 0. The van der Waals surface area contributed by atoms with Crippen LogP contribution in [0, 0.1) is 0 Å².